The molecular formula is C13H13FN2O2S. The number of nitrogens with one attached hydrogen (secondary N) is 1. The lowest BCUT2D eigenvalue weighted by molar-refractivity contribution is 0.102. The fourth-order valence-corrected chi connectivity index (χ4v) is 2.33. The van der Waals surface area contributed by atoms with Crippen molar-refractivity contribution < 1.29 is 14.3 Å². The van der Waals surface area contributed by atoms with Crippen LogP contribution in [0.1, 0.15) is 35.8 Å². The fraction of sp³-hybridized carbons (Fsp3) is 0.231. The molecule has 0 fully saturated rings. The molecule has 0 saturated carbocycles. The molecule has 100 valence electrons. The molecule has 1 aromatic heterocycles. The van der Waals surface area contributed by atoms with Gasteiger partial charge in [0.2, 0.25) is 0 Å². The molecule has 1 heterocycles. The van der Waals surface area contributed by atoms with Crippen LogP contribution in [0.5, 0.6) is 5.75 Å². The van der Waals surface area contributed by atoms with Crippen molar-refractivity contribution in [2.24, 2.45) is 0 Å². The van der Waals surface area contributed by atoms with E-state index >= 15 is 0 Å². The number of halogens is 1. The fourth-order valence-electron chi connectivity index (χ4n) is 1.46. The molecule has 0 radical (unpaired) electrons. The van der Waals surface area contributed by atoms with Gasteiger partial charge in [-0.2, -0.15) is 0 Å². The van der Waals surface area contributed by atoms with Gasteiger partial charge in [-0.15, -0.1) is 11.3 Å². The third-order valence-electron chi connectivity index (χ3n) is 2.54. The van der Waals surface area contributed by atoms with E-state index in [9.17, 15) is 14.3 Å². The normalized spacial score (nSPS) is 10.7. The summed E-state index contributed by atoms with van der Waals surface area (Å²) in [5.41, 5.74) is 0.769. The summed E-state index contributed by atoms with van der Waals surface area (Å²) < 4.78 is 13.1. The van der Waals surface area contributed by atoms with Gasteiger partial charge in [0, 0.05) is 5.38 Å². The van der Waals surface area contributed by atoms with Crippen LogP contribution in [-0.2, 0) is 0 Å². The predicted octanol–water partition coefficient (Wildman–Crippen LogP) is 3.36. The summed E-state index contributed by atoms with van der Waals surface area (Å²) in [7, 11) is 0. The monoisotopic (exact) mass is 280 g/mol. The number of anilines is 1. The number of phenolic OH excluding ortho intramolecular Hbond substituents is 1. The second-order valence-electron chi connectivity index (χ2n) is 4.35. The lowest BCUT2D eigenvalue weighted by atomic mass is 10.2. The van der Waals surface area contributed by atoms with Crippen molar-refractivity contribution in [2.45, 2.75) is 19.8 Å². The first-order valence-corrected chi connectivity index (χ1v) is 6.60. The smallest absolute Gasteiger partial charge is 0.261 e. The highest BCUT2D eigenvalue weighted by molar-refractivity contribution is 7.14. The number of carbonyl (C=O) groups is 1. The van der Waals surface area contributed by atoms with E-state index in [2.05, 4.69) is 10.3 Å². The first kappa shape index (κ1) is 13.5. The molecule has 2 N–H and O–H groups in total. The van der Waals surface area contributed by atoms with Gasteiger partial charge in [-0.1, -0.05) is 13.8 Å². The Hall–Kier alpha value is -1.95. The van der Waals surface area contributed by atoms with Crippen LogP contribution in [0.3, 0.4) is 0 Å². The highest BCUT2D eigenvalue weighted by atomic mass is 32.1. The topological polar surface area (TPSA) is 62.2 Å². The van der Waals surface area contributed by atoms with E-state index in [0.717, 1.165) is 23.9 Å². The lowest BCUT2D eigenvalue weighted by Crippen LogP contribution is -2.12. The van der Waals surface area contributed by atoms with Gasteiger partial charge in [0.1, 0.15) is 11.6 Å². The molecule has 0 aliphatic heterocycles. The van der Waals surface area contributed by atoms with E-state index in [1.165, 1.54) is 11.3 Å². The SMILES string of the molecule is CC(C)c1csc(NC(=O)c2cc(F)ccc2O)n1. The van der Waals surface area contributed by atoms with Gasteiger partial charge >= 0.3 is 0 Å². The molecular weight excluding hydrogens is 267 g/mol. The van der Waals surface area contributed by atoms with Gasteiger partial charge in [-0.25, -0.2) is 9.37 Å². The molecule has 2 aromatic rings. The summed E-state index contributed by atoms with van der Waals surface area (Å²) >= 11 is 1.29. The molecule has 2 rings (SSSR count). The van der Waals surface area contributed by atoms with E-state index in [4.69, 9.17) is 0 Å². The van der Waals surface area contributed by atoms with Gasteiger partial charge < -0.3 is 5.11 Å². The van der Waals surface area contributed by atoms with Crippen LogP contribution in [0.2, 0.25) is 0 Å². The number of amides is 1. The molecule has 4 nitrogen and oxygen atoms in total. The predicted molar refractivity (Wildman–Crippen MR) is 72.2 cm³/mol. The van der Waals surface area contributed by atoms with Gasteiger partial charge in [0.05, 0.1) is 11.3 Å². The van der Waals surface area contributed by atoms with Crippen molar-refractivity contribution in [3.05, 3.63) is 40.7 Å². The van der Waals surface area contributed by atoms with Crippen molar-refractivity contribution in [1.82, 2.24) is 4.98 Å². The van der Waals surface area contributed by atoms with Gasteiger partial charge in [0.25, 0.3) is 5.91 Å². The van der Waals surface area contributed by atoms with Gasteiger partial charge in [-0.05, 0) is 24.1 Å². The number of hydrogen-bond donors (Lipinski definition) is 2. The summed E-state index contributed by atoms with van der Waals surface area (Å²) in [6, 6.07) is 3.22. The molecule has 0 spiro atoms. The summed E-state index contributed by atoms with van der Waals surface area (Å²) in [6.07, 6.45) is 0. The van der Waals surface area contributed by atoms with Crippen LogP contribution in [-0.4, -0.2) is 16.0 Å². The summed E-state index contributed by atoms with van der Waals surface area (Å²) in [6.45, 7) is 4.00. The number of hydrogen-bond acceptors (Lipinski definition) is 4. The summed E-state index contributed by atoms with van der Waals surface area (Å²) in [5, 5.41) is 14.4. The number of phenols is 1. The lowest BCUT2D eigenvalue weighted by Gasteiger charge is -2.04. The van der Waals surface area contributed by atoms with Crippen molar-refractivity contribution >= 4 is 22.4 Å². The number of nitrogens with zero attached hydrogens (tertiary/aromatic N) is 1. The maximum Gasteiger partial charge on any atom is 0.261 e. The third kappa shape index (κ3) is 3.08. The minimum atomic E-state index is -0.582. The number of aromatic nitrogens is 1. The Kier molecular flexibility index (Phi) is 3.80. The summed E-state index contributed by atoms with van der Waals surface area (Å²) in [4.78, 5) is 16.1. The zero-order valence-electron chi connectivity index (χ0n) is 10.5. The Bertz CT molecular complexity index is 610. The average Bonchev–Trinajstić information content (AvgIpc) is 2.80. The average molecular weight is 280 g/mol. The second kappa shape index (κ2) is 5.36. The Morgan fingerprint density at radius 1 is 1.47 bits per heavy atom. The standard InChI is InChI=1S/C13H13FN2O2S/c1-7(2)10-6-19-13(15-10)16-12(18)9-5-8(14)3-4-11(9)17/h3-7,17H,1-2H3,(H,15,16,18). The first-order chi connectivity index (χ1) is 8.97. The molecule has 0 aliphatic carbocycles. The zero-order valence-corrected chi connectivity index (χ0v) is 11.3. The molecule has 0 bridgehead atoms. The van der Waals surface area contributed by atoms with Crippen LogP contribution in [0.15, 0.2) is 23.6 Å². The zero-order chi connectivity index (χ0) is 14.0. The van der Waals surface area contributed by atoms with E-state index in [-0.39, 0.29) is 17.2 Å². The molecule has 0 atom stereocenters. The highest BCUT2D eigenvalue weighted by Crippen LogP contribution is 2.24. The van der Waals surface area contributed by atoms with Crippen molar-refractivity contribution in [1.29, 1.82) is 0 Å². The molecule has 6 heteroatoms. The Morgan fingerprint density at radius 3 is 2.84 bits per heavy atom. The number of rotatable bonds is 3. The number of carbonyl (C=O) groups excluding carboxylic acids is 1. The van der Waals surface area contributed by atoms with Crippen LogP contribution in [0.4, 0.5) is 9.52 Å². The number of aromatic hydroxyl groups is 1. The maximum atomic E-state index is 13.1. The molecule has 19 heavy (non-hydrogen) atoms. The second-order valence-corrected chi connectivity index (χ2v) is 5.21. The molecule has 0 aliphatic rings. The Labute approximate surface area is 113 Å². The highest BCUT2D eigenvalue weighted by Gasteiger charge is 2.14. The Morgan fingerprint density at radius 2 is 2.21 bits per heavy atom. The van der Waals surface area contributed by atoms with E-state index < -0.39 is 11.7 Å². The van der Waals surface area contributed by atoms with Gasteiger partial charge in [-0.3, -0.25) is 10.1 Å². The van der Waals surface area contributed by atoms with E-state index in [1.54, 1.807) is 0 Å². The summed E-state index contributed by atoms with van der Waals surface area (Å²) in [5.74, 6) is -1.16. The Balaban J connectivity index is 2.18. The van der Waals surface area contributed by atoms with Gasteiger partial charge in [0.15, 0.2) is 5.13 Å². The molecule has 1 aromatic carbocycles. The van der Waals surface area contributed by atoms with E-state index in [1.807, 2.05) is 19.2 Å². The molecule has 1 amide bonds. The van der Waals surface area contributed by atoms with Crippen molar-refractivity contribution in [3.63, 3.8) is 0 Å². The quantitative estimate of drug-likeness (QED) is 0.906. The minimum Gasteiger partial charge on any atom is -0.507 e. The number of benzene rings is 1. The van der Waals surface area contributed by atoms with Crippen LogP contribution >= 0.6 is 11.3 Å². The first-order valence-electron chi connectivity index (χ1n) is 5.72. The minimum absolute atomic E-state index is 0.110. The molecule has 0 unspecified atom stereocenters. The van der Waals surface area contributed by atoms with Crippen molar-refractivity contribution in [3.8, 4) is 5.75 Å². The van der Waals surface area contributed by atoms with Crippen LogP contribution in [0.25, 0.3) is 0 Å². The van der Waals surface area contributed by atoms with Crippen molar-refractivity contribution in [2.75, 3.05) is 5.32 Å². The number of thiazole rings is 1. The largest absolute Gasteiger partial charge is 0.507 e. The van der Waals surface area contributed by atoms with Crippen LogP contribution in [0, 0.1) is 5.82 Å². The molecule has 0 saturated heterocycles. The maximum absolute atomic E-state index is 13.1. The third-order valence-corrected chi connectivity index (χ3v) is 3.31. The van der Waals surface area contributed by atoms with E-state index in [0.29, 0.717) is 5.13 Å². The van der Waals surface area contributed by atoms with Crippen LogP contribution < -0.4 is 5.32 Å².